The van der Waals surface area contributed by atoms with Gasteiger partial charge in [0.1, 0.15) is 0 Å². The normalized spacial score (nSPS) is 11.7. The summed E-state index contributed by atoms with van der Waals surface area (Å²) in [5, 5.41) is 18.5. The van der Waals surface area contributed by atoms with Gasteiger partial charge >= 0.3 is 11.9 Å². The molecule has 0 amide bonds. The number of aromatic amines is 1. The molecule has 1 aromatic carbocycles. The molecule has 18 heavy (non-hydrogen) atoms. The molecule has 0 aliphatic carbocycles. The van der Waals surface area contributed by atoms with Crippen LogP contribution in [-0.4, -0.2) is 27.1 Å². The van der Waals surface area contributed by atoms with Crippen molar-refractivity contribution in [2.75, 3.05) is 0 Å². The Balaban J connectivity index is 2.63. The predicted molar refractivity (Wildman–Crippen MR) is 66.5 cm³/mol. The fourth-order valence-corrected chi connectivity index (χ4v) is 1.77. The first kappa shape index (κ1) is 11.9. The van der Waals surface area contributed by atoms with Crippen LogP contribution in [0.25, 0.3) is 17.0 Å². The zero-order valence-corrected chi connectivity index (χ0v) is 9.60. The molecule has 1 heterocycles. The number of aromatic carboxylic acids is 1. The monoisotopic (exact) mass is 245 g/mol. The average molecular weight is 245 g/mol. The molecule has 0 radical (unpaired) electrons. The summed E-state index contributed by atoms with van der Waals surface area (Å²) in [5.74, 6) is -2.02. The molecule has 2 aromatic rings. The zero-order chi connectivity index (χ0) is 13.3. The highest BCUT2D eigenvalue weighted by molar-refractivity contribution is 6.05. The van der Waals surface area contributed by atoms with Crippen molar-refractivity contribution in [3.63, 3.8) is 0 Å². The van der Waals surface area contributed by atoms with Gasteiger partial charge < -0.3 is 15.2 Å². The molecule has 0 unspecified atom stereocenters. The molecule has 0 saturated carbocycles. The van der Waals surface area contributed by atoms with Crippen LogP contribution < -0.4 is 0 Å². The molecule has 0 fully saturated rings. The molecular weight excluding hydrogens is 234 g/mol. The van der Waals surface area contributed by atoms with E-state index in [0.717, 1.165) is 0 Å². The Kier molecular flexibility index (Phi) is 2.89. The van der Waals surface area contributed by atoms with Crippen molar-refractivity contribution in [3.8, 4) is 0 Å². The van der Waals surface area contributed by atoms with Gasteiger partial charge in [0.2, 0.25) is 0 Å². The first-order valence-corrected chi connectivity index (χ1v) is 5.25. The number of fused-ring (bicyclic) bond motifs is 1. The summed E-state index contributed by atoms with van der Waals surface area (Å²) in [4.78, 5) is 24.7. The van der Waals surface area contributed by atoms with Crippen LogP contribution in [-0.2, 0) is 4.79 Å². The van der Waals surface area contributed by atoms with E-state index in [2.05, 4.69) is 4.98 Å². The summed E-state index contributed by atoms with van der Waals surface area (Å²) < 4.78 is 0. The number of H-pyrrole nitrogens is 1. The predicted octanol–water partition coefficient (Wildman–Crippen LogP) is 2.35. The molecule has 0 saturated heterocycles. The number of benzene rings is 1. The van der Waals surface area contributed by atoms with Crippen LogP contribution in [0.4, 0.5) is 0 Å². The Morgan fingerprint density at radius 2 is 2.00 bits per heavy atom. The first-order valence-electron chi connectivity index (χ1n) is 5.25. The minimum atomic E-state index is -1.02. The van der Waals surface area contributed by atoms with Crippen molar-refractivity contribution in [1.29, 1.82) is 0 Å². The minimum absolute atomic E-state index is 0.167. The molecule has 5 heteroatoms. The summed E-state index contributed by atoms with van der Waals surface area (Å²) in [6, 6.07) is 4.88. The fraction of sp³-hybridized carbons (Fsp3) is 0.0769. The quantitative estimate of drug-likeness (QED) is 0.724. The molecule has 2 rings (SSSR count). The van der Waals surface area contributed by atoms with Gasteiger partial charge in [0, 0.05) is 22.7 Å². The van der Waals surface area contributed by atoms with Crippen molar-refractivity contribution in [2.24, 2.45) is 0 Å². The van der Waals surface area contributed by atoms with E-state index in [9.17, 15) is 9.59 Å². The third-order valence-corrected chi connectivity index (χ3v) is 2.69. The third kappa shape index (κ3) is 1.98. The summed E-state index contributed by atoms with van der Waals surface area (Å²) in [6.07, 6.45) is 3.11. The Hall–Kier alpha value is -2.56. The Morgan fingerprint density at radius 3 is 2.61 bits per heavy atom. The van der Waals surface area contributed by atoms with Gasteiger partial charge in [-0.1, -0.05) is 12.1 Å². The SMILES string of the molecule is CC(=Cc1c[nH]c2c(C(=O)O)cccc12)C(=O)O. The lowest BCUT2D eigenvalue weighted by Gasteiger charge is -1.98. The number of para-hydroxylation sites is 1. The van der Waals surface area contributed by atoms with Crippen LogP contribution >= 0.6 is 0 Å². The highest BCUT2D eigenvalue weighted by Crippen LogP contribution is 2.23. The van der Waals surface area contributed by atoms with Gasteiger partial charge in [-0.25, -0.2) is 9.59 Å². The largest absolute Gasteiger partial charge is 0.478 e. The van der Waals surface area contributed by atoms with Crippen molar-refractivity contribution >= 4 is 28.9 Å². The molecule has 0 bridgehead atoms. The van der Waals surface area contributed by atoms with Gasteiger partial charge in [-0.05, 0) is 19.1 Å². The van der Waals surface area contributed by atoms with Crippen LogP contribution in [0, 0.1) is 0 Å². The number of nitrogens with one attached hydrogen (secondary N) is 1. The second kappa shape index (κ2) is 4.37. The smallest absolute Gasteiger partial charge is 0.337 e. The number of carboxylic acids is 2. The highest BCUT2D eigenvalue weighted by Gasteiger charge is 2.11. The molecule has 0 aliphatic heterocycles. The van der Waals surface area contributed by atoms with E-state index in [4.69, 9.17) is 10.2 Å². The number of carboxylic acid groups (broad SMARTS) is 2. The maximum atomic E-state index is 11.0. The molecule has 0 spiro atoms. The average Bonchev–Trinajstić information content (AvgIpc) is 2.72. The van der Waals surface area contributed by atoms with Crippen molar-refractivity contribution in [3.05, 3.63) is 41.1 Å². The van der Waals surface area contributed by atoms with E-state index in [1.54, 1.807) is 18.3 Å². The third-order valence-electron chi connectivity index (χ3n) is 2.69. The van der Waals surface area contributed by atoms with Crippen LogP contribution in [0.1, 0.15) is 22.8 Å². The van der Waals surface area contributed by atoms with Crippen molar-refractivity contribution in [1.82, 2.24) is 4.98 Å². The van der Waals surface area contributed by atoms with Crippen molar-refractivity contribution in [2.45, 2.75) is 6.92 Å². The lowest BCUT2D eigenvalue weighted by molar-refractivity contribution is -0.132. The van der Waals surface area contributed by atoms with Gasteiger partial charge in [-0.2, -0.15) is 0 Å². The van der Waals surface area contributed by atoms with Gasteiger partial charge in [0.15, 0.2) is 0 Å². The zero-order valence-electron chi connectivity index (χ0n) is 9.60. The fourth-order valence-electron chi connectivity index (χ4n) is 1.77. The van der Waals surface area contributed by atoms with Gasteiger partial charge in [-0.3, -0.25) is 0 Å². The molecule has 92 valence electrons. The maximum Gasteiger partial charge on any atom is 0.337 e. The molecule has 3 N–H and O–H groups in total. The van der Waals surface area contributed by atoms with E-state index in [1.165, 1.54) is 19.1 Å². The number of aromatic nitrogens is 1. The lowest BCUT2D eigenvalue weighted by Crippen LogP contribution is -1.97. The minimum Gasteiger partial charge on any atom is -0.478 e. The van der Waals surface area contributed by atoms with E-state index < -0.39 is 11.9 Å². The number of hydrogen-bond donors (Lipinski definition) is 3. The number of hydrogen-bond acceptors (Lipinski definition) is 2. The van der Waals surface area contributed by atoms with Crippen LogP contribution in [0.3, 0.4) is 0 Å². The summed E-state index contributed by atoms with van der Waals surface area (Å²) in [5.41, 5.74) is 1.51. The Labute approximate surface area is 102 Å². The second-order valence-corrected chi connectivity index (χ2v) is 3.91. The van der Waals surface area contributed by atoms with Gasteiger partial charge in [-0.15, -0.1) is 0 Å². The van der Waals surface area contributed by atoms with E-state index >= 15 is 0 Å². The summed E-state index contributed by atoms with van der Waals surface area (Å²) in [7, 11) is 0. The Morgan fingerprint density at radius 1 is 1.28 bits per heavy atom. The highest BCUT2D eigenvalue weighted by atomic mass is 16.4. The molecule has 0 aliphatic rings. The summed E-state index contributed by atoms with van der Waals surface area (Å²) >= 11 is 0. The number of rotatable bonds is 3. The molecule has 5 nitrogen and oxygen atoms in total. The topological polar surface area (TPSA) is 90.4 Å². The maximum absolute atomic E-state index is 11.0. The van der Waals surface area contributed by atoms with Crippen molar-refractivity contribution < 1.29 is 19.8 Å². The standard InChI is InChI=1S/C13H11NO4/c1-7(12(15)16)5-8-6-14-11-9(8)3-2-4-10(11)13(17)18/h2-6,14H,1H3,(H,15,16)(H,17,18). The second-order valence-electron chi connectivity index (χ2n) is 3.91. The first-order chi connectivity index (χ1) is 8.50. The van der Waals surface area contributed by atoms with Crippen LogP contribution in [0.5, 0.6) is 0 Å². The lowest BCUT2D eigenvalue weighted by atomic mass is 10.1. The van der Waals surface area contributed by atoms with Crippen LogP contribution in [0.15, 0.2) is 30.0 Å². The van der Waals surface area contributed by atoms with E-state index in [-0.39, 0.29) is 11.1 Å². The molecule has 0 atom stereocenters. The molecule has 1 aromatic heterocycles. The summed E-state index contributed by atoms with van der Waals surface area (Å²) in [6.45, 7) is 1.49. The van der Waals surface area contributed by atoms with Gasteiger partial charge in [0.25, 0.3) is 0 Å². The number of carbonyl (C=O) groups is 2. The van der Waals surface area contributed by atoms with Crippen LogP contribution in [0.2, 0.25) is 0 Å². The number of aliphatic carboxylic acids is 1. The van der Waals surface area contributed by atoms with E-state index in [1.807, 2.05) is 0 Å². The Bertz CT molecular complexity index is 667. The van der Waals surface area contributed by atoms with E-state index in [0.29, 0.717) is 16.5 Å². The molecular formula is C13H11NO4. The van der Waals surface area contributed by atoms with Gasteiger partial charge in [0.05, 0.1) is 11.1 Å².